The van der Waals surface area contributed by atoms with Crippen molar-refractivity contribution in [2.75, 3.05) is 7.11 Å². The normalized spacial score (nSPS) is 10.3. The number of rotatable bonds is 3. The maximum atomic E-state index is 11.5. The van der Waals surface area contributed by atoms with Crippen LogP contribution in [0.4, 0.5) is 0 Å². The average molecular weight is 291 g/mol. The van der Waals surface area contributed by atoms with Gasteiger partial charge in [-0.3, -0.25) is 4.98 Å². The van der Waals surface area contributed by atoms with Gasteiger partial charge in [-0.15, -0.1) is 12.4 Å². The van der Waals surface area contributed by atoms with Crippen LogP contribution in [0, 0.1) is 11.3 Å². The predicted octanol–water partition coefficient (Wildman–Crippen LogP) is 2.95. The van der Waals surface area contributed by atoms with Crippen molar-refractivity contribution in [3.63, 3.8) is 0 Å². The number of ether oxygens (including phenoxy) is 1. The number of esters is 1. The number of hydrogen-bond donors (Lipinski definition) is 0. The second kappa shape index (κ2) is 7.12. The number of nitriles is 1. The van der Waals surface area contributed by atoms with Crippen LogP contribution in [0.15, 0.2) is 41.1 Å². The Bertz CT molecular complexity index is 657. The molecule has 2 heterocycles. The van der Waals surface area contributed by atoms with Crippen LogP contribution in [0.25, 0.3) is 11.6 Å². The maximum absolute atomic E-state index is 11.5. The summed E-state index contributed by atoms with van der Waals surface area (Å²) in [5, 5.41) is 9.16. The highest BCUT2D eigenvalue weighted by molar-refractivity contribution is 5.96. The molecule has 0 aliphatic heterocycles. The third-order valence-corrected chi connectivity index (χ3v) is 2.43. The molecule has 0 saturated carbocycles. The molecule has 2 aromatic rings. The fourth-order valence-corrected chi connectivity index (χ4v) is 1.53. The molecular formula is C14H11ClN2O3. The zero-order valence-electron chi connectivity index (χ0n) is 10.6. The van der Waals surface area contributed by atoms with Crippen LogP contribution in [0.2, 0.25) is 0 Å². The van der Waals surface area contributed by atoms with Crippen molar-refractivity contribution in [2.45, 2.75) is 0 Å². The van der Waals surface area contributed by atoms with Crippen LogP contribution >= 0.6 is 12.4 Å². The summed E-state index contributed by atoms with van der Waals surface area (Å²) in [7, 11) is 1.27. The van der Waals surface area contributed by atoms with Gasteiger partial charge < -0.3 is 9.15 Å². The van der Waals surface area contributed by atoms with E-state index < -0.39 is 5.97 Å². The van der Waals surface area contributed by atoms with Gasteiger partial charge in [0.15, 0.2) is 0 Å². The number of furan rings is 1. The number of methoxy groups -OCH3 is 1. The molecule has 0 fully saturated rings. The van der Waals surface area contributed by atoms with Crippen molar-refractivity contribution in [3.8, 4) is 6.07 Å². The van der Waals surface area contributed by atoms with Crippen LogP contribution in [-0.4, -0.2) is 18.1 Å². The summed E-state index contributed by atoms with van der Waals surface area (Å²) in [6.07, 6.45) is 4.50. The molecule has 102 valence electrons. The molecule has 2 aromatic heterocycles. The van der Waals surface area contributed by atoms with Crippen LogP contribution in [-0.2, 0) is 4.74 Å². The summed E-state index contributed by atoms with van der Waals surface area (Å²) in [4.78, 5) is 15.5. The van der Waals surface area contributed by atoms with Crippen LogP contribution < -0.4 is 0 Å². The second-order valence-corrected chi connectivity index (χ2v) is 3.58. The van der Waals surface area contributed by atoms with Crippen molar-refractivity contribution >= 4 is 30.0 Å². The van der Waals surface area contributed by atoms with E-state index in [0.717, 1.165) is 0 Å². The van der Waals surface area contributed by atoms with Crippen molar-refractivity contribution < 1.29 is 13.9 Å². The average Bonchev–Trinajstić information content (AvgIpc) is 2.93. The van der Waals surface area contributed by atoms with Crippen LogP contribution in [0.1, 0.15) is 21.8 Å². The highest BCUT2D eigenvalue weighted by Gasteiger charge is 2.15. The molecule has 0 aliphatic rings. The number of pyridine rings is 1. The number of hydrogen-bond acceptors (Lipinski definition) is 5. The molecule has 20 heavy (non-hydrogen) atoms. The lowest BCUT2D eigenvalue weighted by molar-refractivity contribution is 0.0565. The number of carbonyl (C=O) groups excluding carboxylic acids is 1. The van der Waals surface area contributed by atoms with Gasteiger partial charge in [0.05, 0.1) is 24.6 Å². The predicted molar refractivity (Wildman–Crippen MR) is 75.0 cm³/mol. The number of allylic oxidation sites excluding steroid dienone is 1. The second-order valence-electron chi connectivity index (χ2n) is 3.58. The molecule has 0 atom stereocenters. The van der Waals surface area contributed by atoms with Gasteiger partial charge in [-0.05, 0) is 24.3 Å². The largest absolute Gasteiger partial charge is 0.463 e. The first-order valence-electron chi connectivity index (χ1n) is 5.45. The monoisotopic (exact) mass is 290 g/mol. The fourth-order valence-electron chi connectivity index (χ4n) is 1.53. The molecule has 0 spiro atoms. The molecule has 6 heteroatoms. The molecule has 0 aromatic carbocycles. The van der Waals surface area contributed by atoms with Crippen molar-refractivity contribution in [1.82, 2.24) is 4.98 Å². The molecule has 0 N–H and O–H groups in total. The smallest absolute Gasteiger partial charge is 0.374 e. The molecule has 0 unspecified atom stereocenters. The lowest BCUT2D eigenvalue weighted by Crippen LogP contribution is -2.01. The van der Waals surface area contributed by atoms with Gasteiger partial charge in [0.2, 0.25) is 5.76 Å². The van der Waals surface area contributed by atoms with Gasteiger partial charge in [0.25, 0.3) is 0 Å². The summed E-state index contributed by atoms with van der Waals surface area (Å²) >= 11 is 0. The van der Waals surface area contributed by atoms with E-state index in [0.29, 0.717) is 16.8 Å². The summed E-state index contributed by atoms with van der Waals surface area (Å²) in [5.41, 5.74) is 1.35. The van der Waals surface area contributed by atoms with Gasteiger partial charge in [0.1, 0.15) is 6.07 Å². The number of aromatic nitrogens is 1. The lowest BCUT2D eigenvalue weighted by Gasteiger charge is -1.98. The van der Waals surface area contributed by atoms with Gasteiger partial charge in [-0.1, -0.05) is 6.07 Å². The van der Waals surface area contributed by atoms with E-state index in [1.54, 1.807) is 30.5 Å². The highest BCUT2D eigenvalue weighted by atomic mass is 35.5. The van der Waals surface area contributed by atoms with Gasteiger partial charge >= 0.3 is 5.97 Å². The fraction of sp³-hybridized carbons (Fsp3) is 0.0714. The van der Waals surface area contributed by atoms with E-state index in [1.807, 2.05) is 6.07 Å². The quantitative estimate of drug-likeness (QED) is 0.641. The van der Waals surface area contributed by atoms with Gasteiger partial charge in [0, 0.05) is 11.8 Å². The molecular weight excluding hydrogens is 280 g/mol. The Balaban J connectivity index is 0.00000200. The zero-order chi connectivity index (χ0) is 13.7. The minimum absolute atomic E-state index is 0. The van der Waals surface area contributed by atoms with Gasteiger partial charge in [-0.2, -0.15) is 5.26 Å². The molecule has 0 bridgehead atoms. The third kappa shape index (κ3) is 3.25. The maximum Gasteiger partial charge on any atom is 0.374 e. The third-order valence-electron chi connectivity index (χ3n) is 2.43. The Kier molecular flexibility index (Phi) is 5.51. The standard InChI is InChI=1S/C14H10N2O3.ClH/c1-18-14(17)13-10(5-7-19-13)8-11(9-15)12-4-2-3-6-16-12;/h2-8H,1H3;1H. The lowest BCUT2D eigenvalue weighted by atomic mass is 10.1. The Labute approximate surface area is 121 Å². The first-order chi connectivity index (χ1) is 9.26. The minimum atomic E-state index is -0.588. The van der Waals surface area contributed by atoms with Crippen LogP contribution in [0.3, 0.4) is 0 Å². The van der Waals surface area contributed by atoms with E-state index in [1.165, 1.54) is 19.4 Å². The van der Waals surface area contributed by atoms with Crippen LogP contribution in [0.5, 0.6) is 0 Å². The summed E-state index contributed by atoms with van der Waals surface area (Å²) in [6.45, 7) is 0. The van der Waals surface area contributed by atoms with E-state index >= 15 is 0 Å². The van der Waals surface area contributed by atoms with Crippen molar-refractivity contribution in [1.29, 1.82) is 5.26 Å². The van der Waals surface area contributed by atoms with E-state index in [4.69, 9.17) is 9.68 Å². The Hall–Kier alpha value is -2.58. The SMILES string of the molecule is COC(=O)c1occc1C=C(C#N)c1ccccn1.Cl. The van der Waals surface area contributed by atoms with E-state index in [2.05, 4.69) is 9.72 Å². The van der Waals surface area contributed by atoms with Crippen molar-refractivity contribution in [2.24, 2.45) is 0 Å². The zero-order valence-corrected chi connectivity index (χ0v) is 11.4. The molecule has 0 radical (unpaired) electrons. The Morgan fingerprint density at radius 2 is 2.25 bits per heavy atom. The molecule has 0 saturated heterocycles. The first-order valence-corrected chi connectivity index (χ1v) is 5.45. The highest BCUT2D eigenvalue weighted by Crippen LogP contribution is 2.19. The Morgan fingerprint density at radius 1 is 1.45 bits per heavy atom. The number of halogens is 1. The number of nitrogens with zero attached hydrogens (tertiary/aromatic N) is 2. The van der Waals surface area contributed by atoms with E-state index in [-0.39, 0.29) is 18.2 Å². The van der Waals surface area contributed by atoms with E-state index in [9.17, 15) is 4.79 Å². The molecule has 2 rings (SSSR count). The molecule has 0 aliphatic carbocycles. The molecule has 0 amide bonds. The Morgan fingerprint density at radius 3 is 2.85 bits per heavy atom. The van der Waals surface area contributed by atoms with Crippen molar-refractivity contribution in [3.05, 3.63) is 53.7 Å². The summed E-state index contributed by atoms with van der Waals surface area (Å²) in [6, 6.07) is 8.89. The van der Waals surface area contributed by atoms with Gasteiger partial charge in [-0.25, -0.2) is 4.79 Å². The topological polar surface area (TPSA) is 76.1 Å². The first kappa shape index (κ1) is 15.5. The number of carbonyl (C=O) groups is 1. The summed E-state index contributed by atoms with van der Waals surface area (Å²) in [5.74, 6) is -0.527. The minimum Gasteiger partial charge on any atom is -0.463 e. The summed E-state index contributed by atoms with van der Waals surface area (Å²) < 4.78 is 9.65. The molecule has 5 nitrogen and oxygen atoms in total.